The molecule has 0 spiro atoms. The third-order valence-electron chi connectivity index (χ3n) is 2.75. The summed E-state index contributed by atoms with van der Waals surface area (Å²) in [6.45, 7) is 6.20. The van der Waals surface area contributed by atoms with Gasteiger partial charge >= 0.3 is 5.97 Å². The molecule has 0 fully saturated rings. The predicted octanol–water partition coefficient (Wildman–Crippen LogP) is 2.25. The van der Waals surface area contributed by atoms with Gasteiger partial charge in [0.15, 0.2) is 5.82 Å². The minimum absolute atomic E-state index is 0.00584. The lowest BCUT2D eigenvalue weighted by Crippen LogP contribution is -2.22. The van der Waals surface area contributed by atoms with Crippen LogP contribution >= 0.6 is 11.3 Å². The van der Waals surface area contributed by atoms with Crippen LogP contribution in [0.2, 0.25) is 0 Å². The van der Waals surface area contributed by atoms with Crippen LogP contribution in [0.5, 0.6) is 0 Å². The maximum Gasteiger partial charge on any atom is 0.305 e. The molecule has 0 aliphatic heterocycles. The minimum atomic E-state index is -0.856. The second-order valence-corrected chi connectivity index (χ2v) is 6.72. The SMILES string of the molecule is CC(C)(C)CC(CC(=O)O)n1nnnc1-c1cncs1. The zero-order valence-corrected chi connectivity index (χ0v) is 12.5. The largest absolute Gasteiger partial charge is 0.481 e. The quantitative estimate of drug-likeness (QED) is 0.909. The molecule has 2 aromatic heterocycles. The number of aliphatic carboxylic acids is 1. The van der Waals surface area contributed by atoms with Gasteiger partial charge in [-0.1, -0.05) is 20.8 Å². The van der Waals surface area contributed by atoms with Gasteiger partial charge in [0.05, 0.1) is 22.9 Å². The number of hydrogen-bond acceptors (Lipinski definition) is 6. The van der Waals surface area contributed by atoms with Gasteiger partial charge in [-0.15, -0.1) is 16.4 Å². The van der Waals surface area contributed by atoms with Crippen molar-refractivity contribution in [2.75, 3.05) is 0 Å². The molecule has 0 radical (unpaired) electrons. The molecule has 1 unspecified atom stereocenters. The summed E-state index contributed by atoms with van der Waals surface area (Å²) in [4.78, 5) is 15.9. The van der Waals surface area contributed by atoms with Crippen LogP contribution in [0.1, 0.15) is 39.7 Å². The van der Waals surface area contributed by atoms with E-state index in [1.165, 1.54) is 11.3 Å². The molecule has 2 rings (SSSR count). The van der Waals surface area contributed by atoms with Gasteiger partial charge in [0, 0.05) is 6.20 Å². The van der Waals surface area contributed by atoms with E-state index >= 15 is 0 Å². The molecular formula is C12H17N5O2S. The van der Waals surface area contributed by atoms with E-state index < -0.39 is 5.97 Å². The average Bonchev–Trinajstić information content (AvgIpc) is 2.96. The first-order chi connectivity index (χ1) is 9.37. The van der Waals surface area contributed by atoms with E-state index in [0.717, 1.165) is 4.88 Å². The molecule has 2 aromatic rings. The highest BCUT2D eigenvalue weighted by Crippen LogP contribution is 2.32. The summed E-state index contributed by atoms with van der Waals surface area (Å²) in [5.74, 6) is -0.284. The molecule has 0 bridgehead atoms. The van der Waals surface area contributed by atoms with Crippen molar-refractivity contribution in [3.8, 4) is 10.7 Å². The highest BCUT2D eigenvalue weighted by Gasteiger charge is 2.26. The van der Waals surface area contributed by atoms with Crippen molar-refractivity contribution in [3.63, 3.8) is 0 Å². The lowest BCUT2D eigenvalue weighted by Gasteiger charge is -2.25. The molecule has 108 valence electrons. The zero-order valence-electron chi connectivity index (χ0n) is 11.6. The number of aromatic nitrogens is 5. The lowest BCUT2D eigenvalue weighted by atomic mass is 9.87. The van der Waals surface area contributed by atoms with Crippen LogP contribution in [0.15, 0.2) is 11.7 Å². The first-order valence-corrected chi connectivity index (χ1v) is 7.13. The Hall–Kier alpha value is -1.83. The van der Waals surface area contributed by atoms with Crippen LogP contribution in [0.4, 0.5) is 0 Å². The molecule has 2 heterocycles. The summed E-state index contributed by atoms with van der Waals surface area (Å²) >= 11 is 1.43. The fourth-order valence-corrected chi connectivity index (χ4v) is 2.68. The van der Waals surface area contributed by atoms with E-state index in [-0.39, 0.29) is 17.9 Å². The van der Waals surface area contributed by atoms with Crippen molar-refractivity contribution in [3.05, 3.63) is 11.7 Å². The topological polar surface area (TPSA) is 93.8 Å². The van der Waals surface area contributed by atoms with Gasteiger partial charge in [-0.25, -0.2) is 4.68 Å². The van der Waals surface area contributed by atoms with E-state index in [0.29, 0.717) is 12.2 Å². The summed E-state index contributed by atoms with van der Waals surface area (Å²) in [6, 6.07) is -0.278. The zero-order chi connectivity index (χ0) is 14.8. The smallest absolute Gasteiger partial charge is 0.305 e. The fourth-order valence-electron chi connectivity index (χ4n) is 2.08. The van der Waals surface area contributed by atoms with Crippen LogP contribution in [0, 0.1) is 5.41 Å². The third kappa shape index (κ3) is 3.60. The summed E-state index contributed by atoms with van der Waals surface area (Å²) in [7, 11) is 0. The lowest BCUT2D eigenvalue weighted by molar-refractivity contribution is -0.138. The molecule has 0 saturated carbocycles. The second-order valence-electron chi connectivity index (χ2n) is 5.83. The Kier molecular flexibility index (Phi) is 4.12. The van der Waals surface area contributed by atoms with E-state index in [1.54, 1.807) is 16.4 Å². The van der Waals surface area contributed by atoms with Crippen molar-refractivity contribution in [1.82, 2.24) is 25.2 Å². The molecule has 0 aliphatic carbocycles. The van der Waals surface area contributed by atoms with Gasteiger partial charge < -0.3 is 5.11 Å². The number of hydrogen-bond donors (Lipinski definition) is 1. The van der Waals surface area contributed by atoms with E-state index in [1.807, 2.05) is 0 Å². The average molecular weight is 295 g/mol. The number of carboxylic acids is 1. The van der Waals surface area contributed by atoms with Gasteiger partial charge in [-0.2, -0.15) is 0 Å². The second kappa shape index (κ2) is 5.66. The number of rotatable bonds is 5. The normalized spacial score (nSPS) is 13.3. The number of carboxylic acid groups (broad SMARTS) is 1. The third-order valence-corrected chi connectivity index (χ3v) is 3.52. The van der Waals surface area contributed by atoms with E-state index in [9.17, 15) is 4.79 Å². The maximum atomic E-state index is 11.1. The van der Waals surface area contributed by atoms with Crippen LogP contribution < -0.4 is 0 Å². The van der Waals surface area contributed by atoms with E-state index in [2.05, 4.69) is 41.3 Å². The predicted molar refractivity (Wildman–Crippen MR) is 74.3 cm³/mol. The van der Waals surface area contributed by atoms with Crippen molar-refractivity contribution in [2.45, 2.75) is 39.7 Å². The molecule has 8 heteroatoms. The monoisotopic (exact) mass is 295 g/mol. The van der Waals surface area contributed by atoms with Gasteiger partial charge in [0.25, 0.3) is 0 Å². The molecule has 1 N–H and O–H groups in total. The van der Waals surface area contributed by atoms with E-state index in [4.69, 9.17) is 5.11 Å². The number of nitrogens with zero attached hydrogens (tertiary/aromatic N) is 5. The fraction of sp³-hybridized carbons (Fsp3) is 0.583. The summed E-state index contributed by atoms with van der Waals surface area (Å²) in [6.07, 6.45) is 2.35. The summed E-state index contributed by atoms with van der Waals surface area (Å²) < 4.78 is 1.60. The van der Waals surface area contributed by atoms with Crippen LogP contribution in [0.25, 0.3) is 10.7 Å². The Balaban J connectivity index is 2.34. The molecule has 0 saturated heterocycles. The maximum absolute atomic E-state index is 11.1. The van der Waals surface area contributed by atoms with Gasteiger partial charge in [-0.3, -0.25) is 9.78 Å². The Morgan fingerprint density at radius 2 is 2.25 bits per heavy atom. The molecular weight excluding hydrogens is 278 g/mol. The Morgan fingerprint density at radius 3 is 2.80 bits per heavy atom. The highest BCUT2D eigenvalue weighted by molar-refractivity contribution is 7.13. The number of thiazole rings is 1. The van der Waals surface area contributed by atoms with Gasteiger partial charge in [0.1, 0.15) is 0 Å². The van der Waals surface area contributed by atoms with Crippen molar-refractivity contribution in [1.29, 1.82) is 0 Å². The first kappa shape index (κ1) is 14.6. The first-order valence-electron chi connectivity index (χ1n) is 6.25. The van der Waals surface area contributed by atoms with Gasteiger partial charge in [-0.05, 0) is 22.3 Å². The number of carbonyl (C=O) groups is 1. The van der Waals surface area contributed by atoms with Crippen molar-refractivity contribution in [2.24, 2.45) is 5.41 Å². The van der Waals surface area contributed by atoms with Crippen LogP contribution in [-0.4, -0.2) is 36.3 Å². The Morgan fingerprint density at radius 1 is 1.50 bits per heavy atom. The van der Waals surface area contributed by atoms with Crippen molar-refractivity contribution >= 4 is 17.3 Å². The summed E-state index contributed by atoms with van der Waals surface area (Å²) in [5.41, 5.74) is 1.68. The Bertz CT molecular complexity index is 573. The summed E-state index contributed by atoms with van der Waals surface area (Å²) in [5, 5.41) is 20.8. The minimum Gasteiger partial charge on any atom is -0.481 e. The highest BCUT2D eigenvalue weighted by atomic mass is 32.1. The number of tetrazole rings is 1. The molecule has 20 heavy (non-hydrogen) atoms. The standard InChI is InChI=1S/C12H17N5O2S/c1-12(2,3)5-8(4-10(18)19)17-11(14-15-16-17)9-6-13-7-20-9/h6-8H,4-5H2,1-3H3,(H,18,19). The van der Waals surface area contributed by atoms with Gasteiger partial charge in [0.2, 0.25) is 0 Å². The molecule has 0 aliphatic rings. The molecule has 1 atom stereocenters. The van der Waals surface area contributed by atoms with Crippen LogP contribution in [0.3, 0.4) is 0 Å². The van der Waals surface area contributed by atoms with Crippen LogP contribution in [-0.2, 0) is 4.79 Å². The van der Waals surface area contributed by atoms with Crippen molar-refractivity contribution < 1.29 is 9.90 Å². The molecule has 0 amide bonds. The molecule has 0 aromatic carbocycles. The Labute approximate surface area is 120 Å². The molecule has 7 nitrogen and oxygen atoms in total.